The molecule has 2 aromatic carbocycles. The number of nitrogens with two attached hydrogens (primary N) is 1. The predicted octanol–water partition coefficient (Wildman–Crippen LogP) is 3.56. The Morgan fingerprint density at radius 2 is 1.71 bits per heavy atom. The van der Waals surface area contributed by atoms with Gasteiger partial charge in [-0.2, -0.15) is 0 Å². The maximum absolute atomic E-state index is 6.04. The second kappa shape index (κ2) is 4.50. The van der Waals surface area contributed by atoms with E-state index in [1.165, 1.54) is 11.1 Å². The fraction of sp³-hybridized carbons (Fsp3) is 0.200. The van der Waals surface area contributed by atoms with Gasteiger partial charge in [0.15, 0.2) is 0 Å². The minimum atomic E-state index is 0.743. The third-order valence-electron chi connectivity index (χ3n) is 3.08. The number of aryl methyl sites for hydroxylation is 2. The standard InChI is InChI=1S/C15H17NO/c1-10-4-5-12(8-11(10)2)14-7-6-13(17-3)9-15(14)16/h4-9H,16H2,1-3H3. The molecular formula is C15H17NO. The zero-order valence-electron chi connectivity index (χ0n) is 10.4. The summed E-state index contributed by atoms with van der Waals surface area (Å²) in [5.74, 6) is 0.787. The van der Waals surface area contributed by atoms with Crippen LogP contribution in [-0.2, 0) is 0 Å². The Morgan fingerprint density at radius 3 is 2.29 bits per heavy atom. The zero-order valence-corrected chi connectivity index (χ0v) is 10.4. The van der Waals surface area contributed by atoms with Gasteiger partial charge >= 0.3 is 0 Å². The van der Waals surface area contributed by atoms with Gasteiger partial charge < -0.3 is 10.5 Å². The van der Waals surface area contributed by atoms with Crippen LogP contribution in [0.2, 0.25) is 0 Å². The van der Waals surface area contributed by atoms with E-state index in [2.05, 4.69) is 32.0 Å². The summed E-state index contributed by atoms with van der Waals surface area (Å²) in [5.41, 5.74) is 11.5. The number of hydrogen-bond acceptors (Lipinski definition) is 2. The Balaban J connectivity index is 2.49. The van der Waals surface area contributed by atoms with Crippen LogP contribution in [0.5, 0.6) is 5.75 Å². The number of benzene rings is 2. The molecule has 0 spiro atoms. The highest BCUT2D eigenvalue weighted by molar-refractivity contribution is 5.77. The quantitative estimate of drug-likeness (QED) is 0.796. The number of hydrogen-bond donors (Lipinski definition) is 1. The lowest BCUT2D eigenvalue weighted by Gasteiger charge is -2.10. The second-order valence-electron chi connectivity index (χ2n) is 4.25. The van der Waals surface area contributed by atoms with Gasteiger partial charge in [0.25, 0.3) is 0 Å². The van der Waals surface area contributed by atoms with Crippen LogP contribution in [0.1, 0.15) is 11.1 Å². The van der Waals surface area contributed by atoms with Crippen LogP contribution in [0.4, 0.5) is 5.69 Å². The molecule has 0 aliphatic heterocycles. The SMILES string of the molecule is COc1ccc(-c2ccc(C)c(C)c2)c(N)c1. The molecule has 0 fully saturated rings. The van der Waals surface area contributed by atoms with E-state index >= 15 is 0 Å². The fourth-order valence-corrected chi connectivity index (χ4v) is 1.84. The fourth-order valence-electron chi connectivity index (χ4n) is 1.84. The lowest BCUT2D eigenvalue weighted by molar-refractivity contribution is 0.415. The number of rotatable bonds is 2. The molecule has 0 amide bonds. The second-order valence-corrected chi connectivity index (χ2v) is 4.25. The van der Waals surface area contributed by atoms with Crippen molar-refractivity contribution in [2.45, 2.75) is 13.8 Å². The molecule has 0 aromatic heterocycles. The van der Waals surface area contributed by atoms with Crippen molar-refractivity contribution in [1.82, 2.24) is 0 Å². The van der Waals surface area contributed by atoms with Crippen LogP contribution in [0.15, 0.2) is 36.4 Å². The summed E-state index contributed by atoms with van der Waals surface area (Å²) in [7, 11) is 1.64. The van der Waals surface area contributed by atoms with Crippen LogP contribution in [0.25, 0.3) is 11.1 Å². The first-order chi connectivity index (χ1) is 8.11. The van der Waals surface area contributed by atoms with E-state index in [4.69, 9.17) is 10.5 Å². The van der Waals surface area contributed by atoms with E-state index in [9.17, 15) is 0 Å². The summed E-state index contributed by atoms with van der Waals surface area (Å²) < 4.78 is 5.15. The maximum atomic E-state index is 6.04. The highest BCUT2D eigenvalue weighted by atomic mass is 16.5. The van der Waals surface area contributed by atoms with Crippen LogP contribution >= 0.6 is 0 Å². The third kappa shape index (κ3) is 2.26. The molecule has 0 radical (unpaired) electrons. The van der Waals surface area contributed by atoms with E-state index in [0.717, 1.165) is 22.6 Å². The maximum Gasteiger partial charge on any atom is 0.120 e. The molecule has 2 heteroatoms. The van der Waals surface area contributed by atoms with Crippen LogP contribution in [0, 0.1) is 13.8 Å². The Bertz CT molecular complexity index is 547. The summed E-state index contributed by atoms with van der Waals surface area (Å²) in [5, 5.41) is 0. The van der Waals surface area contributed by atoms with Crippen molar-refractivity contribution in [2.75, 3.05) is 12.8 Å². The molecule has 0 unspecified atom stereocenters. The molecule has 2 N–H and O–H groups in total. The van der Waals surface area contributed by atoms with Crippen LogP contribution in [0.3, 0.4) is 0 Å². The summed E-state index contributed by atoms with van der Waals surface area (Å²) in [6, 6.07) is 12.2. The molecular weight excluding hydrogens is 210 g/mol. The van der Waals surface area contributed by atoms with Gasteiger partial charge in [-0.1, -0.05) is 18.2 Å². The van der Waals surface area contributed by atoms with Crippen molar-refractivity contribution in [2.24, 2.45) is 0 Å². The minimum Gasteiger partial charge on any atom is -0.497 e. The molecule has 0 aliphatic rings. The molecule has 88 valence electrons. The Kier molecular flexibility index (Phi) is 3.05. The molecule has 0 saturated carbocycles. The Hall–Kier alpha value is -1.96. The molecule has 0 bridgehead atoms. The molecule has 0 aliphatic carbocycles. The molecule has 2 aromatic rings. The third-order valence-corrected chi connectivity index (χ3v) is 3.08. The van der Waals surface area contributed by atoms with Crippen molar-refractivity contribution < 1.29 is 4.74 Å². The topological polar surface area (TPSA) is 35.2 Å². The van der Waals surface area contributed by atoms with E-state index in [1.807, 2.05) is 18.2 Å². The number of methoxy groups -OCH3 is 1. The van der Waals surface area contributed by atoms with Crippen molar-refractivity contribution in [3.8, 4) is 16.9 Å². The van der Waals surface area contributed by atoms with Gasteiger partial charge in [0.2, 0.25) is 0 Å². The summed E-state index contributed by atoms with van der Waals surface area (Å²) in [6.07, 6.45) is 0. The summed E-state index contributed by atoms with van der Waals surface area (Å²) in [6.45, 7) is 4.22. The summed E-state index contributed by atoms with van der Waals surface area (Å²) >= 11 is 0. The zero-order chi connectivity index (χ0) is 12.4. The van der Waals surface area contributed by atoms with E-state index in [-0.39, 0.29) is 0 Å². The first kappa shape index (κ1) is 11.5. The van der Waals surface area contributed by atoms with Gasteiger partial charge in [0.05, 0.1) is 7.11 Å². The number of ether oxygens (including phenoxy) is 1. The molecule has 2 rings (SSSR count). The van der Waals surface area contributed by atoms with Crippen LogP contribution in [-0.4, -0.2) is 7.11 Å². The molecule has 2 nitrogen and oxygen atoms in total. The van der Waals surface area contributed by atoms with Gasteiger partial charge in [-0.05, 0) is 42.7 Å². The van der Waals surface area contributed by atoms with Crippen molar-refractivity contribution in [3.63, 3.8) is 0 Å². The average molecular weight is 227 g/mol. The van der Waals surface area contributed by atoms with Gasteiger partial charge in [0.1, 0.15) is 5.75 Å². The first-order valence-electron chi connectivity index (χ1n) is 5.63. The molecule has 0 saturated heterocycles. The smallest absolute Gasteiger partial charge is 0.120 e. The predicted molar refractivity (Wildman–Crippen MR) is 72.3 cm³/mol. The van der Waals surface area contributed by atoms with E-state index < -0.39 is 0 Å². The largest absolute Gasteiger partial charge is 0.497 e. The molecule has 17 heavy (non-hydrogen) atoms. The Labute approximate surface area is 102 Å². The first-order valence-corrected chi connectivity index (χ1v) is 5.63. The van der Waals surface area contributed by atoms with Crippen molar-refractivity contribution in [3.05, 3.63) is 47.5 Å². The summed E-state index contributed by atoms with van der Waals surface area (Å²) in [4.78, 5) is 0. The lowest BCUT2D eigenvalue weighted by Crippen LogP contribution is -1.92. The van der Waals surface area contributed by atoms with Crippen molar-refractivity contribution >= 4 is 5.69 Å². The highest BCUT2D eigenvalue weighted by Crippen LogP contribution is 2.30. The van der Waals surface area contributed by atoms with Crippen LogP contribution < -0.4 is 10.5 Å². The molecule has 0 heterocycles. The minimum absolute atomic E-state index is 0.743. The Morgan fingerprint density at radius 1 is 0.941 bits per heavy atom. The number of anilines is 1. The van der Waals surface area contributed by atoms with Gasteiger partial charge in [-0.25, -0.2) is 0 Å². The highest BCUT2D eigenvalue weighted by Gasteiger charge is 2.05. The average Bonchev–Trinajstić information content (AvgIpc) is 2.32. The van der Waals surface area contributed by atoms with E-state index in [1.54, 1.807) is 7.11 Å². The van der Waals surface area contributed by atoms with Gasteiger partial charge in [0, 0.05) is 17.3 Å². The van der Waals surface area contributed by atoms with Gasteiger partial charge in [-0.3, -0.25) is 0 Å². The normalized spacial score (nSPS) is 10.3. The van der Waals surface area contributed by atoms with Gasteiger partial charge in [-0.15, -0.1) is 0 Å². The van der Waals surface area contributed by atoms with Crippen molar-refractivity contribution in [1.29, 1.82) is 0 Å². The monoisotopic (exact) mass is 227 g/mol. The van der Waals surface area contributed by atoms with E-state index in [0.29, 0.717) is 0 Å². The molecule has 0 atom stereocenters. The number of nitrogen functional groups attached to an aromatic ring is 1. The lowest BCUT2D eigenvalue weighted by atomic mass is 9.99.